The molecule has 2 heterocycles. The van der Waals surface area contributed by atoms with Crippen LogP contribution in [0.15, 0.2) is 53.7 Å². The number of piperidine rings is 1. The van der Waals surface area contributed by atoms with Crippen molar-refractivity contribution in [3.8, 4) is 23.6 Å². The number of ether oxygens (including phenoxy) is 2. The molecule has 0 N–H and O–H groups in total. The van der Waals surface area contributed by atoms with Crippen LogP contribution in [0.2, 0.25) is 0 Å². The second kappa shape index (κ2) is 11.0. The number of rotatable bonds is 8. The van der Waals surface area contributed by atoms with E-state index in [0.29, 0.717) is 48.5 Å². The van der Waals surface area contributed by atoms with Gasteiger partial charge in [0.05, 0.1) is 28.6 Å². The van der Waals surface area contributed by atoms with Gasteiger partial charge in [-0.1, -0.05) is 12.1 Å². The second-order valence-electron chi connectivity index (χ2n) is 8.78. The van der Waals surface area contributed by atoms with E-state index in [1.165, 1.54) is 18.5 Å². The van der Waals surface area contributed by atoms with E-state index in [2.05, 4.69) is 14.9 Å². The Labute approximate surface area is 214 Å². The van der Waals surface area contributed by atoms with Crippen molar-refractivity contribution in [1.82, 2.24) is 14.9 Å². The number of aromatic nitrogens is 2. The van der Waals surface area contributed by atoms with Gasteiger partial charge in [-0.25, -0.2) is 22.8 Å². The number of halogens is 1. The zero-order chi connectivity index (χ0) is 26.6. The van der Waals surface area contributed by atoms with Crippen LogP contribution in [0, 0.1) is 24.1 Å². The molecule has 37 heavy (non-hydrogen) atoms. The second-order valence-corrected chi connectivity index (χ2v) is 10.8. The summed E-state index contributed by atoms with van der Waals surface area (Å²) >= 11 is 0. The largest absolute Gasteiger partial charge is 0.474 e. The van der Waals surface area contributed by atoms with Gasteiger partial charge in [0.15, 0.2) is 27.2 Å². The zero-order valence-corrected chi connectivity index (χ0v) is 21.2. The first-order valence-electron chi connectivity index (χ1n) is 11.6. The Morgan fingerprint density at radius 3 is 2.43 bits per heavy atom. The third-order valence-corrected chi connectivity index (χ3v) is 7.16. The summed E-state index contributed by atoms with van der Waals surface area (Å²) in [5.41, 5.74) is 1.56. The molecule has 1 aromatic heterocycles. The minimum atomic E-state index is -3.55. The van der Waals surface area contributed by atoms with Crippen molar-refractivity contribution in [2.45, 2.75) is 30.8 Å². The first-order valence-corrected chi connectivity index (χ1v) is 13.4. The quantitative estimate of drug-likeness (QED) is 0.406. The van der Waals surface area contributed by atoms with Crippen molar-refractivity contribution in [3.05, 3.63) is 71.3 Å². The van der Waals surface area contributed by atoms with Crippen molar-refractivity contribution >= 4 is 15.6 Å². The number of sulfone groups is 1. The van der Waals surface area contributed by atoms with E-state index < -0.39 is 15.7 Å². The van der Waals surface area contributed by atoms with Crippen LogP contribution in [0.25, 0.3) is 0 Å². The maximum absolute atomic E-state index is 14.4. The maximum atomic E-state index is 14.4. The standard InChI is InChI=1S/C26H25FN4O5S/c1-17-25(29-16-30-26(17)36-24-8-7-21(13-22(24)27)37(2,33)34)35-20-9-11-31(12-10-20)15-23(32)19-5-3-18(14-28)4-6-19/h3-8,13,16,20H,9-12,15H2,1-2H3. The summed E-state index contributed by atoms with van der Waals surface area (Å²) in [7, 11) is -3.55. The molecule has 0 amide bonds. The molecule has 1 aliphatic rings. The van der Waals surface area contributed by atoms with Gasteiger partial charge in [0.1, 0.15) is 12.4 Å². The molecule has 0 unspecified atom stereocenters. The molecule has 4 rings (SSSR count). The smallest absolute Gasteiger partial charge is 0.229 e. The number of hydrogen-bond acceptors (Lipinski definition) is 9. The Morgan fingerprint density at radius 1 is 1.14 bits per heavy atom. The average molecular weight is 525 g/mol. The summed E-state index contributed by atoms with van der Waals surface area (Å²) in [5.74, 6) is -0.590. The summed E-state index contributed by atoms with van der Waals surface area (Å²) < 4.78 is 49.4. The number of ketones is 1. The lowest BCUT2D eigenvalue weighted by molar-refractivity contribution is 0.0774. The fourth-order valence-corrected chi connectivity index (χ4v) is 4.54. The minimum Gasteiger partial charge on any atom is -0.474 e. The highest BCUT2D eigenvalue weighted by Gasteiger charge is 2.24. The van der Waals surface area contributed by atoms with Crippen molar-refractivity contribution in [2.75, 3.05) is 25.9 Å². The zero-order valence-electron chi connectivity index (χ0n) is 20.3. The summed E-state index contributed by atoms with van der Waals surface area (Å²) in [5, 5.41) is 8.90. The third kappa shape index (κ3) is 6.47. The highest BCUT2D eigenvalue weighted by atomic mass is 32.2. The van der Waals surface area contributed by atoms with Crippen LogP contribution in [-0.4, -0.2) is 61.1 Å². The molecule has 0 bridgehead atoms. The number of nitrogens with zero attached hydrogens (tertiary/aromatic N) is 4. The molecule has 9 nitrogen and oxygen atoms in total. The molecule has 0 spiro atoms. The molecule has 11 heteroatoms. The Morgan fingerprint density at radius 2 is 1.81 bits per heavy atom. The predicted molar refractivity (Wildman–Crippen MR) is 132 cm³/mol. The topological polar surface area (TPSA) is 122 Å². The number of likely N-dealkylation sites (tertiary alicyclic amines) is 1. The number of carbonyl (C=O) groups excluding carboxylic acids is 1. The number of nitriles is 1. The molecular formula is C26H25FN4O5S. The van der Waals surface area contributed by atoms with Crippen LogP contribution in [-0.2, 0) is 9.84 Å². The molecule has 0 atom stereocenters. The van der Waals surface area contributed by atoms with Crippen LogP contribution < -0.4 is 9.47 Å². The molecule has 1 aliphatic heterocycles. The predicted octanol–water partition coefficient (Wildman–Crippen LogP) is 3.72. The number of benzene rings is 2. The first-order chi connectivity index (χ1) is 17.6. The number of Topliss-reactive ketones (excluding diaryl/α,β-unsaturated/α-hetero) is 1. The molecule has 1 fully saturated rings. The summed E-state index contributed by atoms with van der Waals surface area (Å²) in [6.07, 6.45) is 3.49. The van der Waals surface area contributed by atoms with Crippen molar-refractivity contribution < 1.29 is 27.1 Å². The van der Waals surface area contributed by atoms with E-state index >= 15 is 0 Å². The van der Waals surface area contributed by atoms with E-state index in [9.17, 15) is 17.6 Å². The lowest BCUT2D eigenvalue weighted by Crippen LogP contribution is -2.41. The van der Waals surface area contributed by atoms with Gasteiger partial charge in [-0.05, 0) is 50.1 Å². The van der Waals surface area contributed by atoms with Crippen LogP contribution >= 0.6 is 0 Å². The Balaban J connectivity index is 1.34. The number of hydrogen-bond donors (Lipinski definition) is 0. The highest BCUT2D eigenvalue weighted by molar-refractivity contribution is 7.90. The lowest BCUT2D eigenvalue weighted by atomic mass is 10.0. The SMILES string of the molecule is Cc1c(Oc2ccc(S(C)(=O)=O)cc2F)ncnc1OC1CCN(CC(=O)c2ccc(C#N)cc2)CC1. The molecular weight excluding hydrogens is 499 g/mol. The summed E-state index contributed by atoms with van der Waals surface area (Å²) in [6.45, 7) is 3.31. The fraction of sp³-hybridized carbons (Fsp3) is 0.308. The third-order valence-electron chi connectivity index (χ3n) is 6.05. The molecule has 0 saturated carbocycles. The lowest BCUT2D eigenvalue weighted by Gasteiger charge is -2.31. The van der Waals surface area contributed by atoms with Crippen LogP contribution in [0.3, 0.4) is 0 Å². The Hall–Kier alpha value is -3.88. The van der Waals surface area contributed by atoms with Gasteiger partial charge >= 0.3 is 0 Å². The fourth-order valence-electron chi connectivity index (χ4n) is 3.91. The van der Waals surface area contributed by atoms with Gasteiger partial charge in [-0.2, -0.15) is 5.26 Å². The van der Waals surface area contributed by atoms with E-state index in [0.717, 1.165) is 12.3 Å². The van der Waals surface area contributed by atoms with Crippen molar-refractivity contribution in [3.63, 3.8) is 0 Å². The molecule has 3 aromatic rings. The average Bonchev–Trinajstić information content (AvgIpc) is 2.88. The van der Waals surface area contributed by atoms with Gasteiger partial charge in [0.2, 0.25) is 11.8 Å². The van der Waals surface area contributed by atoms with Gasteiger partial charge in [-0.3, -0.25) is 9.69 Å². The van der Waals surface area contributed by atoms with Gasteiger partial charge < -0.3 is 9.47 Å². The van der Waals surface area contributed by atoms with Gasteiger partial charge in [-0.15, -0.1) is 0 Å². The highest BCUT2D eigenvalue weighted by Crippen LogP contribution is 2.31. The van der Waals surface area contributed by atoms with E-state index in [1.807, 2.05) is 6.07 Å². The molecule has 2 aromatic carbocycles. The monoisotopic (exact) mass is 524 g/mol. The van der Waals surface area contributed by atoms with E-state index in [1.54, 1.807) is 31.2 Å². The van der Waals surface area contributed by atoms with Crippen molar-refractivity contribution in [2.24, 2.45) is 0 Å². The molecule has 0 aliphatic carbocycles. The van der Waals surface area contributed by atoms with Crippen molar-refractivity contribution in [1.29, 1.82) is 5.26 Å². The minimum absolute atomic E-state index is 0.00547. The van der Waals surface area contributed by atoms with E-state index in [4.69, 9.17) is 14.7 Å². The molecule has 1 saturated heterocycles. The Kier molecular flexibility index (Phi) is 7.80. The van der Waals surface area contributed by atoms with Crippen LogP contribution in [0.1, 0.15) is 34.3 Å². The molecule has 192 valence electrons. The number of carbonyl (C=O) groups is 1. The normalized spacial score (nSPS) is 14.6. The van der Waals surface area contributed by atoms with Gasteiger partial charge in [0.25, 0.3) is 0 Å². The summed E-state index contributed by atoms with van der Waals surface area (Å²) in [4.78, 5) is 22.7. The first kappa shape index (κ1) is 26.2. The van der Waals surface area contributed by atoms with E-state index in [-0.39, 0.29) is 35.0 Å². The van der Waals surface area contributed by atoms with Crippen LogP contribution in [0.4, 0.5) is 4.39 Å². The van der Waals surface area contributed by atoms with Crippen LogP contribution in [0.5, 0.6) is 17.5 Å². The maximum Gasteiger partial charge on any atom is 0.229 e. The van der Waals surface area contributed by atoms with Gasteiger partial charge in [0, 0.05) is 24.9 Å². The summed E-state index contributed by atoms with van der Waals surface area (Å²) in [6, 6.07) is 12.0. The Bertz CT molecular complexity index is 1450. The molecule has 0 radical (unpaired) electrons.